The van der Waals surface area contributed by atoms with Gasteiger partial charge in [-0.2, -0.15) is 8.97 Å². The second-order valence-electron chi connectivity index (χ2n) is 8.41. The first-order valence-electron chi connectivity index (χ1n) is 9.13. The molecule has 0 aliphatic carbocycles. The van der Waals surface area contributed by atoms with Crippen LogP contribution < -0.4 is 4.90 Å². The summed E-state index contributed by atoms with van der Waals surface area (Å²) in [5, 5.41) is 0. The summed E-state index contributed by atoms with van der Waals surface area (Å²) in [6, 6.07) is 16.4. The fraction of sp³-hybridized carbons (Fsp3) is 0.348. The first-order chi connectivity index (χ1) is 12.2. The third kappa shape index (κ3) is 2.00. The molecule has 2 nitrogen and oxygen atoms in total. The minimum absolute atomic E-state index is 0.114. The van der Waals surface area contributed by atoms with Crippen LogP contribution in [-0.4, -0.2) is 24.4 Å². The van der Waals surface area contributed by atoms with E-state index in [4.69, 9.17) is 0 Å². The predicted octanol–water partition coefficient (Wildman–Crippen LogP) is 5.30. The van der Waals surface area contributed by atoms with Gasteiger partial charge in [0.05, 0.1) is 11.1 Å². The highest BCUT2D eigenvalue weighted by Crippen LogP contribution is 2.50. The van der Waals surface area contributed by atoms with Gasteiger partial charge in [0.1, 0.15) is 7.05 Å². The molecule has 2 aromatic carbocycles. The van der Waals surface area contributed by atoms with Crippen LogP contribution in [0.2, 0.25) is 0 Å². The zero-order chi connectivity index (χ0) is 18.9. The van der Waals surface area contributed by atoms with E-state index >= 15 is 4.39 Å². The minimum Gasteiger partial charge on any atom is -0.344 e. The molecule has 2 aromatic rings. The van der Waals surface area contributed by atoms with Crippen molar-refractivity contribution in [2.45, 2.75) is 38.5 Å². The maximum Gasteiger partial charge on any atom is 0.229 e. The van der Waals surface area contributed by atoms with Crippen molar-refractivity contribution in [1.82, 2.24) is 0 Å². The van der Waals surface area contributed by atoms with Crippen molar-refractivity contribution in [2.24, 2.45) is 0 Å². The normalized spacial score (nSPS) is 21.7. The maximum atomic E-state index is 16.2. The number of hydrogen-bond donors (Lipinski definition) is 0. The van der Waals surface area contributed by atoms with Gasteiger partial charge in [-0.25, -0.2) is 0 Å². The molecule has 0 radical (unpaired) electrons. The van der Waals surface area contributed by atoms with Crippen molar-refractivity contribution < 1.29 is 8.97 Å². The zero-order valence-corrected chi connectivity index (χ0v) is 16.4. The minimum atomic E-state index is -0.381. The van der Waals surface area contributed by atoms with Crippen LogP contribution in [0.15, 0.2) is 60.1 Å². The molecule has 0 spiro atoms. The number of nitrogens with zero attached hydrogens (tertiary/aromatic N) is 2. The van der Waals surface area contributed by atoms with E-state index < -0.39 is 0 Å². The van der Waals surface area contributed by atoms with Crippen LogP contribution in [0.1, 0.15) is 38.8 Å². The van der Waals surface area contributed by atoms with Crippen LogP contribution in [0.25, 0.3) is 0 Å². The summed E-state index contributed by atoms with van der Waals surface area (Å²) in [5.74, 6) is -0.114. The Morgan fingerprint density at radius 1 is 0.885 bits per heavy atom. The molecule has 0 amide bonds. The monoisotopic (exact) mass is 349 g/mol. The number of fused-ring (bicyclic) bond motifs is 2. The fourth-order valence-electron chi connectivity index (χ4n) is 4.88. The van der Waals surface area contributed by atoms with Crippen molar-refractivity contribution in [3.63, 3.8) is 0 Å². The quantitative estimate of drug-likeness (QED) is 0.633. The summed E-state index contributed by atoms with van der Waals surface area (Å²) in [6.45, 7) is 8.44. The Balaban J connectivity index is 1.97. The van der Waals surface area contributed by atoms with Gasteiger partial charge < -0.3 is 4.90 Å². The third-order valence-corrected chi connectivity index (χ3v) is 6.15. The number of anilines is 1. The topological polar surface area (TPSA) is 6.25 Å². The molecule has 2 heterocycles. The van der Waals surface area contributed by atoms with E-state index in [1.807, 2.05) is 47.8 Å². The van der Waals surface area contributed by atoms with Crippen LogP contribution in [0.4, 0.5) is 15.8 Å². The predicted molar refractivity (Wildman–Crippen MR) is 106 cm³/mol. The van der Waals surface area contributed by atoms with E-state index in [-0.39, 0.29) is 16.7 Å². The van der Waals surface area contributed by atoms with Gasteiger partial charge in [-0.1, -0.05) is 50.2 Å². The summed E-state index contributed by atoms with van der Waals surface area (Å²) < 4.78 is 18.2. The molecular weight excluding hydrogens is 323 g/mol. The van der Waals surface area contributed by atoms with Crippen LogP contribution in [0, 0.1) is 0 Å². The standard InChI is InChI=1S/C23H26FN2/c1-22(2)15-11-7-9-13-17(15)25(5)20(22)19(24)21-23(3,4)16-12-8-10-14-18(16)26(21)6/h7-14H,1-6H3/q+1. The van der Waals surface area contributed by atoms with Gasteiger partial charge in [0, 0.05) is 29.8 Å². The molecule has 0 bridgehead atoms. The second-order valence-corrected chi connectivity index (χ2v) is 8.41. The lowest BCUT2D eigenvalue weighted by Gasteiger charge is -2.26. The fourth-order valence-corrected chi connectivity index (χ4v) is 4.88. The van der Waals surface area contributed by atoms with Crippen LogP contribution >= 0.6 is 0 Å². The smallest absolute Gasteiger partial charge is 0.229 e. The van der Waals surface area contributed by atoms with Gasteiger partial charge in [-0.15, -0.1) is 0 Å². The van der Waals surface area contributed by atoms with E-state index in [9.17, 15) is 0 Å². The lowest BCUT2D eigenvalue weighted by Crippen LogP contribution is -2.34. The molecular formula is C23H26FN2+. The summed E-state index contributed by atoms with van der Waals surface area (Å²) >= 11 is 0. The van der Waals surface area contributed by atoms with E-state index in [0.29, 0.717) is 0 Å². The van der Waals surface area contributed by atoms with Crippen molar-refractivity contribution in [1.29, 1.82) is 0 Å². The number of benzene rings is 2. The van der Waals surface area contributed by atoms with Crippen molar-refractivity contribution in [2.75, 3.05) is 19.0 Å². The van der Waals surface area contributed by atoms with E-state index in [2.05, 4.69) is 52.0 Å². The van der Waals surface area contributed by atoms with Gasteiger partial charge in [-0.3, -0.25) is 0 Å². The Hall–Kier alpha value is -2.42. The third-order valence-electron chi connectivity index (χ3n) is 6.15. The number of halogens is 1. The van der Waals surface area contributed by atoms with E-state index in [1.54, 1.807) is 0 Å². The van der Waals surface area contributed by atoms with Crippen molar-refractivity contribution >= 4 is 17.1 Å². The van der Waals surface area contributed by atoms with Crippen LogP contribution in [0.5, 0.6) is 0 Å². The molecule has 0 fully saturated rings. The average molecular weight is 349 g/mol. The SMILES string of the molecule is CN1/C(=C(\F)C2=[N+](C)c3ccccc3C2(C)C)C(C)(C)c2ccccc21. The summed E-state index contributed by atoms with van der Waals surface area (Å²) in [4.78, 5) is 2.02. The lowest BCUT2D eigenvalue weighted by molar-refractivity contribution is -0.402. The van der Waals surface area contributed by atoms with E-state index in [0.717, 1.165) is 22.8 Å². The molecule has 26 heavy (non-hydrogen) atoms. The van der Waals surface area contributed by atoms with Gasteiger partial charge in [0.15, 0.2) is 0 Å². The number of rotatable bonds is 1. The molecule has 0 unspecified atom stereocenters. The zero-order valence-electron chi connectivity index (χ0n) is 16.4. The summed E-state index contributed by atoms with van der Waals surface area (Å²) in [5.41, 5.74) is 5.22. The molecule has 0 N–H and O–H groups in total. The van der Waals surface area contributed by atoms with Crippen molar-refractivity contribution in [3.8, 4) is 0 Å². The van der Waals surface area contributed by atoms with Gasteiger partial charge in [0.25, 0.3) is 0 Å². The van der Waals surface area contributed by atoms with Gasteiger partial charge >= 0.3 is 0 Å². The average Bonchev–Trinajstić information content (AvgIpc) is 2.93. The molecule has 0 saturated carbocycles. The second kappa shape index (κ2) is 5.29. The highest BCUT2D eigenvalue weighted by Gasteiger charge is 2.50. The Morgan fingerprint density at radius 3 is 2.08 bits per heavy atom. The Labute approximate surface area is 155 Å². The molecule has 4 rings (SSSR count). The summed E-state index contributed by atoms with van der Waals surface area (Å²) in [6.07, 6.45) is 0. The maximum absolute atomic E-state index is 16.2. The molecule has 0 atom stereocenters. The van der Waals surface area contributed by atoms with Crippen LogP contribution in [-0.2, 0) is 10.8 Å². The van der Waals surface area contributed by atoms with Gasteiger partial charge in [-0.05, 0) is 25.5 Å². The number of para-hydroxylation sites is 2. The highest BCUT2D eigenvalue weighted by molar-refractivity contribution is 6.07. The first-order valence-corrected chi connectivity index (χ1v) is 9.13. The van der Waals surface area contributed by atoms with Crippen molar-refractivity contribution in [3.05, 3.63) is 71.2 Å². The molecule has 2 aliphatic heterocycles. The lowest BCUT2D eigenvalue weighted by atomic mass is 9.78. The van der Waals surface area contributed by atoms with Crippen LogP contribution in [0.3, 0.4) is 0 Å². The Morgan fingerprint density at radius 2 is 1.46 bits per heavy atom. The number of likely N-dealkylation sites (N-methyl/N-ethyl adjacent to an activating group) is 1. The summed E-state index contributed by atoms with van der Waals surface area (Å²) in [7, 11) is 3.94. The Bertz CT molecular complexity index is 979. The van der Waals surface area contributed by atoms with Gasteiger partial charge in [0.2, 0.25) is 17.2 Å². The molecule has 2 aliphatic rings. The largest absolute Gasteiger partial charge is 0.344 e. The molecule has 3 heteroatoms. The molecule has 0 saturated heterocycles. The molecule has 0 aromatic heterocycles. The number of allylic oxidation sites excluding steroid dienone is 2. The number of hydrogen-bond acceptors (Lipinski definition) is 1. The van der Waals surface area contributed by atoms with E-state index in [1.165, 1.54) is 11.1 Å². The highest BCUT2D eigenvalue weighted by atomic mass is 19.1. The first kappa shape index (κ1) is 17.0. The molecule has 134 valence electrons. The Kier molecular flexibility index (Phi) is 3.46.